The largest absolute Gasteiger partial charge is 0.381 e. The van der Waals surface area contributed by atoms with E-state index in [4.69, 9.17) is 0 Å². The van der Waals surface area contributed by atoms with E-state index in [0.29, 0.717) is 12.1 Å². The molecule has 3 aromatic rings. The van der Waals surface area contributed by atoms with Gasteiger partial charge in [-0.25, -0.2) is 0 Å². The van der Waals surface area contributed by atoms with Gasteiger partial charge in [0.05, 0.1) is 4.92 Å². The molecule has 8 heteroatoms. The zero-order valence-electron chi connectivity index (χ0n) is 20.2. The summed E-state index contributed by atoms with van der Waals surface area (Å²) in [5.41, 5.74) is 5.26. The van der Waals surface area contributed by atoms with Crippen molar-refractivity contribution in [3.63, 3.8) is 0 Å². The van der Waals surface area contributed by atoms with Gasteiger partial charge in [-0.3, -0.25) is 19.8 Å². The van der Waals surface area contributed by atoms with Gasteiger partial charge in [0.15, 0.2) is 0 Å². The lowest BCUT2D eigenvalue weighted by molar-refractivity contribution is -0.384. The fraction of sp³-hybridized carbons (Fsp3) is 0.296. The highest BCUT2D eigenvalue weighted by molar-refractivity contribution is 6.04. The van der Waals surface area contributed by atoms with Crippen LogP contribution in [-0.2, 0) is 13.1 Å². The maximum absolute atomic E-state index is 12.7. The molecule has 0 bridgehead atoms. The second-order valence-electron chi connectivity index (χ2n) is 9.04. The van der Waals surface area contributed by atoms with Crippen LogP contribution in [-0.4, -0.2) is 53.9 Å². The smallest absolute Gasteiger partial charge is 0.271 e. The van der Waals surface area contributed by atoms with E-state index in [2.05, 4.69) is 39.6 Å². The van der Waals surface area contributed by atoms with Crippen LogP contribution in [0, 0.1) is 17.0 Å². The van der Waals surface area contributed by atoms with Crippen molar-refractivity contribution >= 4 is 23.0 Å². The number of rotatable bonds is 8. The van der Waals surface area contributed by atoms with Gasteiger partial charge in [0.2, 0.25) is 0 Å². The van der Waals surface area contributed by atoms with Crippen molar-refractivity contribution < 1.29 is 9.72 Å². The third-order valence-electron chi connectivity index (χ3n) is 6.34. The summed E-state index contributed by atoms with van der Waals surface area (Å²) < 4.78 is 0. The second kappa shape index (κ2) is 11.1. The first-order valence-corrected chi connectivity index (χ1v) is 11.8. The first kappa shape index (κ1) is 24.4. The fourth-order valence-electron chi connectivity index (χ4n) is 4.05. The Balaban J connectivity index is 1.29. The average Bonchev–Trinajstić information content (AvgIpc) is 2.86. The van der Waals surface area contributed by atoms with Crippen molar-refractivity contribution in [1.82, 2.24) is 9.80 Å². The highest BCUT2D eigenvalue weighted by Gasteiger charge is 2.14. The molecule has 1 saturated heterocycles. The van der Waals surface area contributed by atoms with E-state index in [0.717, 1.165) is 55.2 Å². The molecular weight excluding hydrogens is 442 g/mol. The van der Waals surface area contributed by atoms with Crippen molar-refractivity contribution in [3.8, 4) is 0 Å². The zero-order chi connectivity index (χ0) is 24.8. The van der Waals surface area contributed by atoms with E-state index in [1.165, 1.54) is 17.7 Å². The summed E-state index contributed by atoms with van der Waals surface area (Å²) >= 11 is 0. The van der Waals surface area contributed by atoms with Gasteiger partial charge >= 0.3 is 0 Å². The number of carbonyl (C=O) groups excluding carboxylic acids is 1. The summed E-state index contributed by atoms with van der Waals surface area (Å²) in [5.74, 6) is -0.161. The third-order valence-corrected chi connectivity index (χ3v) is 6.34. The Kier molecular flexibility index (Phi) is 7.74. The number of piperazine rings is 1. The minimum atomic E-state index is -0.404. The number of anilines is 2. The highest BCUT2D eigenvalue weighted by Crippen LogP contribution is 2.22. The van der Waals surface area contributed by atoms with E-state index >= 15 is 0 Å². The lowest BCUT2D eigenvalue weighted by Crippen LogP contribution is -2.43. The van der Waals surface area contributed by atoms with Gasteiger partial charge in [0.1, 0.15) is 0 Å². The lowest BCUT2D eigenvalue weighted by atomic mass is 10.1. The molecule has 35 heavy (non-hydrogen) atoms. The summed E-state index contributed by atoms with van der Waals surface area (Å²) in [6.45, 7) is 7.66. The summed E-state index contributed by atoms with van der Waals surface area (Å²) in [4.78, 5) is 28.1. The Morgan fingerprint density at radius 1 is 0.943 bits per heavy atom. The molecule has 1 fully saturated rings. The van der Waals surface area contributed by atoms with Crippen molar-refractivity contribution in [2.24, 2.45) is 0 Å². The first-order chi connectivity index (χ1) is 16.9. The number of nitro groups is 1. The topological polar surface area (TPSA) is 90.8 Å². The van der Waals surface area contributed by atoms with Crippen LogP contribution in [0.4, 0.5) is 17.1 Å². The summed E-state index contributed by atoms with van der Waals surface area (Å²) in [6.07, 6.45) is 0. The summed E-state index contributed by atoms with van der Waals surface area (Å²) in [7, 11) is 2.15. The van der Waals surface area contributed by atoms with Gasteiger partial charge in [-0.2, -0.15) is 0 Å². The molecule has 2 N–H and O–H groups in total. The normalized spacial score (nSPS) is 14.5. The van der Waals surface area contributed by atoms with Crippen LogP contribution in [0.2, 0.25) is 0 Å². The van der Waals surface area contributed by atoms with Gasteiger partial charge in [-0.05, 0) is 54.9 Å². The minimum absolute atomic E-state index is 0.0532. The molecule has 8 nitrogen and oxygen atoms in total. The van der Waals surface area contributed by atoms with Crippen molar-refractivity contribution in [2.75, 3.05) is 43.9 Å². The maximum Gasteiger partial charge on any atom is 0.271 e. The van der Waals surface area contributed by atoms with E-state index in [9.17, 15) is 14.9 Å². The van der Waals surface area contributed by atoms with Crippen molar-refractivity contribution in [1.29, 1.82) is 0 Å². The molecule has 4 rings (SSSR count). The molecule has 0 spiro atoms. The number of aryl methyl sites for hydroxylation is 1. The maximum atomic E-state index is 12.7. The SMILES string of the molecule is Cc1ccc([N+](=O)[O-])cc1NCc1ccc(C(=O)Nc2ccc(CN3CCN(C)CC3)cc2)cc1. The van der Waals surface area contributed by atoms with Crippen molar-refractivity contribution in [3.05, 3.63) is 99.1 Å². The van der Waals surface area contributed by atoms with Gasteiger partial charge in [-0.15, -0.1) is 0 Å². The van der Waals surface area contributed by atoms with Crippen LogP contribution in [0.15, 0.2) is 66.7 Å². The molecule has 1 amide bonds. The minimum Gasteiger partial charge on any atom is -0.381 e. The molecule has 1 aliphatic rings. The average molecular weight is 474 g/mol. The Morgan fingerprint density at radius 3 is 2.26 bits per heavy atom. The number of likely N-dealkylation sites (N-methyl/N-ethyl adjacent to an activating group) is 1. The molecule has 0 aromatic heterocycles. The number of benzene rings is 3. The number of hydrogen-bond acceptors (Lipinski definition) is 6. The van der Waals surface area contributed by atoms with Gasteiger partial charge < -0.3 is 15.5 Å². The van der Waals surface area contributed by atoms with Gasteiger partial charge in [0.25, 0.3) is 11.6 Å². The summed E-state index contributed by atoms with van der Waals surface area (Å²) in [5, 5.41) is 17.2. The fourth-order valence-corrected chi connectivity index (χ4v) is 4.05. The Bertz CT molecular complexity index is 1170. The molecule has 0 atom stereocenters. The van der Waals surface area contributed by atoms with Crippen LogP contribution in [0.1, 0.15) is 27.0 Å². The zero-order valence-corrected chi connectivity index (χ0v) is 20.2. The van der Waals surface area contributed by atoms with Crippen LogP contribution in [0.5, 0.6) is 0 Å². The predicted octanol–water partition coefficient (Wildman–Crippen LogP) is 4.52. The lowest BCUT2D eigenvalue weighted by Gasteiger charge is -2.32. The van der Waals surface area contributed by atoms with E-state index in [1.807, 2.05) is 31.2 Å². The number of nitrogens with one attached hydrogen (secondary N) is 2. The molecular formula is C27H31N5O3. The first-order valence-electron chi connectivity index (χ1n) is 11.8. The standard InChI is InChI=1S/C27H31N5O3/c1-20-3-12-25(32(34)35)17-26(20)28-18-21-4-8-23(9-5-21)27(33)29-24-10-6-22(7-11-24)19-31-15-13-30(2)14-16-31/h3-12,17,28H,13-16,18-19H2,1-2H3,(H,29,33). The molecule has 3 aromatic carbocycles. The molecule has 0 unspecified atom stereocenters. The molecule has 1 aliphatic heterocycles. The monoisotopic (exact) mass is 473 g/mol. The Morgan fingerprint density at radius 2 is 1.60 bits per heavy atom. The second-order valence-corrected chi connectivity index (χ2v) is 9.04. The molecule has 0 saturated carbocycles. The number of non-ortho nitro benzene ring substituents is 1. The number of amides is 1. The molecule has 0 radical (unpaired) electrons. The number of nitrogens with zero attached hydrogens (tertiary/aromatic N) is 3. The molecule has 182 valence electrons. The van der Waals surface area contributed by atoms with Crippen molar-refractivity contribution in [2.45, 2.75) is 20.0 Å². The van der Waals surface area contributed by atoms with E-state index in [-0.39, 0.29) is 11.6 Å². The third kappa shape index (κ3) is 6.65. The highest BCUT2D eigenvalue weighted by atomic mass is 16.6. The quantitative estimate of drug-likeness (QED) is 0.369. The van der Waals surface area contributed by atoms with Gasteiger partial charge in [-0.1, -0.05) is 30.3 Å². The van der Waals surface area contributed by atoms with Crippen LogP contribution in [0.3, 0.4) is 0 Å². The summed E-state index contributed by atoms with van der Waals surface area (Å²) in [6, 6.07) is 20.1. The van der Waals surface area contributed by atoms with E-state index in [1.54, 1.807) is 18.2 Å². The van der Waals surface area contributed by atoms with Crippen LogP contribution < -0.4 is 10.6 Å². The number of nitro benzene ring substituents is 1. The Hall–Kier alpha value is -3.75. The van der Waals surface area contributed by atoms with Crippen LogP contribution >= 0.6 is 0 Å². The predicted molar refractivity (Wildman–Crippen MR) is 139 cm³/mol. The Labute approximate surface area is 205 Å². The van der Waals surface area contributed by atoms with Crippen LogP contribution in [0.25, 0.3) is 0 Å². The molecule has 0 aliphatic carbocycles. The van der Waals surface area contributed by atoms with Gasteiger partial charge in [0, 0.05) is 68.3 Å². The number of hydrogen-bond donors (Lipinski definition) is 2. The molecule has 1 heterocycles. The number of carbonyl (C=O) groups is 1. The van der Waals surface area contributed by atoms with E-state index < -0.39 is 4.92 Å².